The van der Waals surface area contributed by atoms with Crippen molar-refractivity contribution in [3.05, 3.63) is 51.5 Å². The summed E-state index contributed by atoms with van der Waals surface area (Å²) in [6.07, 6.45) is 0. The van der Waals surface area contributed by atoms with Crippen LogP contribution in [-0.4, -0.2) is 0 Å². The average Bonchev–Trinajstić information content (AvgIpc) is 2.38. The minimum absolute atomic E-state index is 0.419. The summed E-state index contributed by atoms with van der Waals surface area (Å²) in [4.78, 5) is 0. The summed E-state index contributed by atoms with van der Waals surface area (Å²) in [5.74, 6) is 1.35. The van der Waals surface area contributed by atoms with Gasteiger partial charge in [-0.3, -0.25) is 0 Å². The lowest BCUT2D eigenvalue weighted by Gasteiger charge is -2.10. The van der Waals surface area contributed by atoms with Crippen LogP contribution in [0.15, 0.2) is 34.8 Å². The summed E-state index contributed by atoms with van der Waals surface area (Å²) < 4.78 is 6.84. The zero-order valence-electron chi connectivity index (χ0n) is 10.7. The Bertz CT molecular complexity index is 651. The maximum Gasteiger partial charge on any atom is 0.128 e. The van der Waals surface area contributed by atoms with E-state index in [1.54, 1.807) is 18.2 Å². The Morgan fingerprint density at radius 1 is 1.11 bits per heavy atom. The molecular weight excluding hydrogens is 304 g/mol. The second-order valence-corrected chi connectivity index (χ2v) is 5.13. The van der Waals surface area contributed by atoms with Crippen LogP contribution in [0.3, 0.4) is 0 Å². The van der Waals surface area contributed by atoms with Crippen LogP contribution in [0.5, 0.6) is 11.5 Å². The summed E-state index contributed by atoms with van der Waals surface area (Å²) in [5, 5.41) is 8.94. The highest BCUT2D eigenvalue weighted by Crippen LogP contribution is 2.30. The van der Waals surface area contributed by atoms with E-state index >= 15 is 0 Å². The molecule has 0 radical (unpaired) electrons. The Balaban J connectivity index is 2.34. The highest BCUT2D eigenvalue weighted by atomic mass is 79.9. The molecule has 3 nitrogen and oxygen atoms in total. The van der Waals surface area contributed by atoms with E-state index in [4.69, 9.17) is 15.7 Å². The number of aryl methyl sites for hydroxylation is 2. The van der Waals surface area contributed by atoms with E-state index in [2.05, 4.69) is 15.9 Å². The first-order chi connectivity index (χ1) is 9.01. The Morgan fingerprint density at radius 2 is 1.74 bits per heavy atom. The van der Waals surface area contributed by atoms with Crippen molar-refractivity contribution in [1.29, 1.82) is 5.26 Å². The molecule has 0 bridgehead atoms. The molecule has 2 N–H and O–H groups in total. The van der Waals surface area contributed by atoms with Gasteiger partial charge in [-0.2, -0.15) is 5.26 Å². The van der Waals surface area contributed by atoms with Crippen molar-refractivity contribution in [3.8, 4) is 17.6 Å². The normalized spacial score (nSPS) is 10.0. The van der Waals surface area contributed by atoms with Gasteiger partial charge in [0, 0.05) is 16.2 Å². The van der Waals surface area contributed by atoms with Gasteiger partial charge in [0.25, 0.3) is 0 Å². The maximum absolute atomic E-state index is 8.94. The third kappa shape index (κ3) is 2.88. The number of nitriles is 1. The Labute approximate surface area is 120 Å². The molecule has 0 aromatic heterocycles. The van der Waals surface area contributed by atoms with Gasteiger partial charge in [-0.15, -0.1) is 0 Å². The first-order valence-electron chi connectivity index (χ1n) is 5.75. The van der Waals surface area contributed by atoms with Crippen molar-refractivity contribution in [1.82, 2.24) is 0 Å². The lowest BCUT2D eigenvalue weighted by molar-refractivity contribution is 0.481. The predicted molar refractivity (Wildman–Crippen MR) is 79.3 cm³/mol. The Morgan fingerprint density at radius 3 is 2.32 bits per heavy atom. The van der Waals surface area contributed by atoms with E-state index < -0.39 is 0 Å². The largest absolute Gasteiger partial charge is 0.457 e. The molecule has 0 aliphatic rings. The zero-order chi connectivity index (χ0) is 14.0. The molecule has 0 aliphatic carbocycles. The van der Waals surface area contributed by atoms with Crippen LogP contribution in [0, 0.1) is 25.2 Å². The molecule has 0 amide bonds. The van der Waals surface area contributed by atoms with Gasteiger partial charge < -0.3 is 10.5 Å². The van der Waals surface area contributed by atoms with E-state index in [0.717, 1.165) is 21.3 Å². The fraction of sp³-hybridized carbons (Fsp3) is 0.133. The number of nitrogens with zero attached hydrogens (tertiary/aromatic N) is 1. The molecular formula is C15H13BrN2O. The molecule has 0 aliphatic heterocycles. The smallest absolute Gasteiger partial charge is 0.128 e. The number of hydrogen-bond donors (Lipinski definition) is 1. The van der Waals surface area contributed by atoms with Gasteiger partial charge in [-0.1, -0.05) is 15.9 Å². The van der Waals surface area contributed by atoms with E-state index in [0.29, 0.717) is 17.0 Å². The van der Waals surface area contributed by atoms with Crippen molar-refractivity contribution < 1.29 is 4.74 Å². The highest BCUT2D eigenvalue weighted by molar-refractivity contribution is 9.10. The van der Waals surface area contributed by atoms with Gasteiger partial charge in [0.05, 0.1) is 5.56 Å². The fourth-order valence-corrected chi connectivity index (χ4v) is 2.03. The van der Waals surface area contributed by atoms with Gasteiger partial charge in [0.15, 0.2) is 0 Å². The molecule has 96 valence electrons. The van der Waals surface area contributed by atoms with Crippen LogP contribution in [0.25, 0.3) is 0 Å². The molecule has 2 rings (SSSR count). The number of anilines is 1. The molecule has 0 fully saturated rings. The number of hydrogen-bond acceptors (Lipinski definition) is 3. The van der Waals surface area contributed by atoms with Crippen LogP contribution >= 0.6 is 15.9 Å². The van der Waals surface area contributed by atoms with Crippen molar-refractivity contribution in [2.24, 2.45) is 0 Å². The number of nitrogen functional groups attached to an aromatic ring is 1. The van der Waals surface area contributed by atoms with E-state index in [9.17, 15) is 0 Å². The number of ether oxygens (including phenoxy) is 1. The highest BCUT2D eigenvalue weighted by Gasteiger charge is 2.06. The van der Waals surface area contributed by atoms with Gasteiger partial charge in [-0.25, -0.2) is 0 Å². The maximum atomic E-state index is 8.94. The Hall–Kier alpha value is -1.99. The summed E-state index contributed by atoms with van der Waals surface area (Å²) in [7, 11) is 0. The number of rotatable bonds is 2. The second kappa shape index (κ2) is 5.33. The average molecular weight is 317 g/mol. The first kappa shape index (κ1) is 13.4. The van der Waals surface area contributed by atoms with Gasteiger partial charge >= 0.3 is 0 Å². The predicted octanol–water partition coefficient (Wildman–Crippen LogP) is 4.31. The fourth-order valence-electron chi connectivity index (χ4n) is 1.80. The molecule has 0 saturated carbocycles. The lowest BCUT2D eigenvalue weighted by Crippen LogP contribution is -1.92. The first-order valence-corrected chi connectivity index (χ1v) is 6.55. The van der Waals surface area contributed by atoms with Gasteiger partial charge in [-0.05, 0) is 49.2 Å². The van der Waals surface area contributed by atoms with Crippen molar-refractivity contribution >= 4 is 21.6 Å². The monoisotopic (exact) mass is 316 g/mol. The van der Waals surface area contributed by atoms with Crippen LogP contribution in [-0.2, 0) is 0 Å². The molecule has 0 spiro atoms. The topological polar surface area (TPSA) is 59.0 Å². The molecule has 0 atom stereocenters. The summed E-state index contributed by atoms with van der Waals surface area (Å²) in [5.41, 5.74) is 8.76. The quantitative estimate of drug-likeness (QED) is 0.840. The van der Waals surface area contributed by atoms with Crippen molar-refractivity contribution in [2.45, 2.75) is 13.8 Å². The number of halogens is 1. The van der Waals surface area contributed by atoms with Gasteiger partial charge in [0.1, 0.15) is 17.6 Å². The summed E-state index contributed by atoms with van der Waals surface area (Å²) in [6, 6.07) is 11.0. The van der Waals surface area contributed by atoms with Crippen LogP contribution in [0.4, 0.5) is 5.69 Å². The molecule has 2 aromatic rings. The van der Waals surface area contributed by atoms with E-state index in [-0.39, 0.29) is 0 Å². The lowest BCUT2D eigenvalue weighted by atomic mass is 10.1. The summed E-state index contributed by atoms with van der Waals surface area (Å²) in [6.45, 7) is 4.02. The van der Waals surface area contributed by atoms with E-state index in [1.807, 2.05) is 32.0 Å². The number of benzene rings is 2. The standard InChI is InChI=1S/C15H13BrN2O/c1-9-5-13(6-10(2)15(9)16)19-12-3-4-14(18)11(7-12)8-17/h3-7H,18H2,1-2H3. The molecule has 0 heterocycles. The molecule has 19 heavy (non-hydrogen) atoms. The van der Waals surface area contributed by atoms with E-state index in [1.165, 1.54) is 0 Å². The molecule has 0 unspecified atom stereocenters. The van der Waals surface area contributed by atoms with Gasteiger partial charge in [0.2, 0.25) is 0 Å². The minimum Gasteiger partial charge on any atom is -0.457 e. The SMILES string of the molecule is Cc1cc(Oc2ccc(N)c(C#N)c2)cc(C)c1Br. The van der Waals surface area contributed by atoms with Crippen LogP contribution in [0.2, 0.25) is 0 Å². The van der Waals surface area contributed by atoms with Crippen molar-refractivity contribution in [2.75, 3.05) is 5.73 Å². The minimum atomic E-state index is 0.419. The molecule has 2 aromatic carbocycles. The molecule has 4 heteroatoms. The zero-order valence-corrected chi connectivity index (χ0v) is 12.3. The third-order valence-electron chi connectivity index (χ3n) is 2.79. The van der Waals surface area contributed by atoms with Crippen LogP contribution in [0.1, 0.15) is 16.7 Å². The van der Waals surface area contributed by atoms with Crippen molar-refractivity contribution in [3.63, 3.8) is 0 Å². The summed E-state index contributed by atoms with van der Waals surface area (Å²) >= 11 is 3.52. The Kier molecular flexibility index (Phi) is 3.77. The van der Waals surface area contributed by atoms with Crippen LogP contribution < -0.4 is 10.5 Å². The number of nitrogens with two attached hydrogens (primary N) is 1. The molecule has 0 saturated heterocycles. The second-order valence-electron chi connectivity index (χ2n) is 4.33. The third-order valence-corrected chi connectivity index (χ3v) is 4.04.